The molecule has 2 aliphatic rings. The van der Waals surface area contributed by atoms with Crippen LogP contribution in [-0.4, -0.2) is 142 Å². The Morgan fingerprint density at radius 3 is 1.43 bits per heavy atom. The molecule has 0 spiro atoms. The molecule has 2 aliphatic heterocycles. The predicted molar refractivity (Wildman–Crippen MR) is 279 cm³/mol. The number of rotatable bonds is 39. The van der Waals surface area contributed by atoms with Crippen molar-refractivity contribution in [2.45, 2.75) is 210 Å². The topological polar surface area (TPSA) is 231 Å². The predicted octanol–water partition coefficient (Wildman–Crippen LogP) is 7.93. The second-order valence-electron chi connectivity index (χ2n) is 18.0. The number of ether oxygens (including phenoxy) is 6. The Morgan fingerprint density at radius 1 is 0.458 bits per heavy atom. The summed E-state index contributed by atoms with van der Waals surface area (Å²) in [6.45, 7) is 2.31. The number of esters is 2. The number of aliphatic hydroxyl groups excluding tert-OH is 7. The maximum atomic E-state index is 13.0. The van der Waals surface area contributed by atoms with Gasteiger partial charge in [-0.25, -0.2) is 0 Å². The van der Waals surface area contributed by atoms with E-state index in [2.05, 4.69) is 98.9 Å². The van der Waals surface area contributed by atoms with Crippen molar-refractivity contribution in [3.05, 3.63) is 109 Å². The molecular formula is C57H90O15. The summed E-state index contributed by atoms with van der Waals surface area (Å²) in [5.41, 5.74) is 0. The molecule has 4 unspecified atom stereocenters. The lowest BCUT2D eigenvalue weighted by molar-refractivity contribution is -0.332. The smallest absolute Gasteiger partial charge is 0.306 e. The first-order valence-electron chi connectivity index (χ1n) is 26.5. The van der Waals surface area contributed by atoms with Crippen molar-refractivity contribution in [2.75, 3.05) is 26.4 Å². The summed E-state index contributed by atoms with van der Waals surface area (Å²) in [5.74, 6) is -1.10. The molecule has 2 heterocycles. The molecule has 0 saturated carbocycles. The normalized spacial score (nSPS) is 25.9. The van der Waals surface area contributed by atoms with Crippen LogP contribution in [0.25, 0.3) is 0 Å². The Labute approximate surface area is 430 Å². The molecule has 0 aromatic carbocycles. The minimum Gasteiger partial charge on any atom is -0.462 e. The summed E-state index contributed by atoms with van der Waals surface area (Å²) >= 11 is 0. The zero-order valence-electron chi connectivity index (χ0n) is 43.1. The monoisotopic (exact) mass is 1010 g/mol. The zero-order chi connectivity index (χ0) is 52.4. The molecular weight excluding hydrogens is 925 g/mol. The average molecular weight is 1020 g/mol. The van der Waals surface area contributed by atoms with Crippen LogP contribution in [0.15, 0.2) is 109 Å². The van der Waals surface area contributed by atoms with Crippen molar-refractivity contribution >= 4 is 11.9 Å². The van der Waals surface area contributed by atoms with Crippen LogP contribution in [-0.2, 0) is 38.0 Å². The summed E-state index contributed by atoms with van der Waals surface area (Å²) in [7, 11) is 0. The molecule has 2 rings (SSSR count). The van der Waals surface area contributed by atoms with Crippen LogP contribution in [0.4, 0.5) is 0 Å². The Hall–Kier alpha value is -3.84. The van der Waals surface area contributed by atoms with Crippen molar-refractivity contribution in [2.24, 2.45) is 0 Å². The largest absolute Gasteiger partial charge is 0.462 e. The Kier molecular flexibility index (Phi) is 37.9. The van der Waals surface area contributed by atoms with E-state index in [1.807, 2.05) is 24.3 Å². The maximum Gasteiger partial charge on any atom is 0.306 e. The van der Waals surface area contributed by atoms with E-state index in [9.17, 15) is 45.3 Å². The van der Waals surface area contributed by atoms with E-state index >= 15 is 0 Å². The number of hydrogen-bond acceptors (Lipinski definition) is 15. The Bertz CT molecular complexity index is 1660. The highest BCUT2D eigenvalue weighted by Crippen LogP contribution is 2.26. The molecule has 0 amide bonds. The van der Waals surface area contributed by atoms with E-state index in [4.69, 9.17) is 28.4 Å². The van der Waals surface area contributed by atoms with Crippen LogP contribution >= 0.6 is 0 Å². The first-order valence-corrected chi connectivity index (χ1v) is 26.5. The van der Waals surface area contributed by atoms with Crippen molar-refractivity contribution in [3.63, 3.8) is 0 Å². The molecule has 408 valence electrons. The fraction of sp³-hybridized carbons (Fsp3) is 0.649. The summed E-state index contributed by atoms with van der Waals surface area (Å²) in [6, 6.07) is 0. The van der Waals surface area contributed by atoms with E-state index in [0.29, 0.717) is 25.7 Å². The van der Waals surface area contributed by atoms with E-state index < -0.39 is 99.3 Å². The second-order valence-corrected chi connectivity index (χ2v) is 18.0. The van der Waals surface area contributed by atoms with Crippen LogP contribution in [0.2, 0.25) is 0 Å². The van der Waals surface area contributed by atoms with Crippen molar-refractivity contribution in [1.29, 1.82) is 0 Å². The lowest BCUT2D eigenvalue weighted by atomic mass is 9.98. The van der Waals surface area contributed by atoms with E-state index in [0.717, 1.165) is 51.4 Å². The van der Waals surface area contributed by atoms with Gasteiger partial charge < -0.3 is 64.2 Å². The van der Waals surface area contributed by atoms with Gasteiger partial charge in [-0.1, -0.05) is 155 Å². The molecule has 0 radical (unpaired) electrons. The molecule has 72 heavy (non-hydrogen) atoms. The second kappa shape index (κ2) is 42.5. The number of unbranched alkanes of at least 4 members (excludes halogenated alkanes) is 7. The van der Waals surface area contributed by atoms with Gasteiger partial charge >= 0.3 is 11.9 Å². The van der Waals surface area contributed by atoms with Crippen LogP contribution in [0.3, 0.4) is 0 Å². The standard InChI is InChI=1S/C57H90O15/c1-3-5-7-9-11-13-15-17-19-21-22-24-26-28-30-32-34-36-38-40-49(60)70-45(42-67-48(59)39-37-35-33-31-29-27-25-23-20-18-16-14-12-10-8-6-4-2)43-68-56-55(66)53(64)51(62)47(72-56)44-69-57-54(65)52(63)50(61)46(41-58)71-57/h5,7,11,13,17-20,22,24-25,27-28,30-31,33-34,36,45-47,50-58,61-66H,3-4,6,8-10,12,14-16,21,23,26,29,32,35,37-44H2,1-2H3/b7-5+,13-11+,19-17+,20-18+,24-22+,27-25+,30-28+,33-31+,36-34+/t45-,46+,47+,50-,51-,52?,53?,54?,55?,56+,57+/m1/s1. The third kappa shape index (κ3) is 29.8. The average Bonchev–Trinajstić information content (AvgIpc) is 3.37. The number of carbonyl (C=O) groups is 2. The van der Waals surface area contributed by atoms with Gasteiger partial charge in [-0.05, 0) is 83.5 Å². The van der Waals surface area contributed by atoms with Gasteiger partial charge in [-0.15, -0.1) is 0 Å². The van der Waals surface area contributed by atoms with Gasteiger partial charge in [-0.3, -0.25) is 9.59 Å². The SMILES string of the molecule is CC/C=C/C/C=C/C/C=C/C/C=C/C/C=C/C/C=C/CCC(=O)O[C@H](COC(=O)CCC/C=C/C/C=C/C/C=C/CCCCCCCC)CO[C@H]1O[C@@H](CO[C@H]2O[C@@H](CO)[C@@H](O)C(O)C2O)[C@@H](O)C(O)C1O. The van der Waals surface area contributed by atoms with E-state index in [1.165, 1.54) is 38.5 Å². The van der Waals surface area contributed by atoms with Crippen LogP contribution < -0.4 is 0 Å². The van der Waals surface area contributed by atoms with Gasteiger partial charge in [0.15, 0.2) is 18.7 Å². The maximum absolute atomic E-state index is 13.0. The zero-order valence-corrected chi connectivity index (χ0v) is 43.1. The van der Waals surface area contributed by atoms with E-state index in [-0.39, 0.29) is 19.4 Å². The molecule has 2 saturated heterocycles. The first kappa shape index (κ1) is 64.3. The number of carbonyl (C=O) groups excluding carboxylic acids is 2. The van der Waals surface area contributed by atoms with Crippen molar-refractivity contribution < 1.29 is 73.8 Å². The molecule has 15 heteroatoms. The van der Waals surface area contributed by atoms with Crippen LogP contribution in [0.5, 0.6) is 0 Å². The minimum absolute atomic E-state index is 0.0227. The van der Waals surface area contributed by atoms with Gasteiger partial charge in [-0.2, -0.15) is 0 Å². The Balaban J connectivity index is 1.87. The number of allylic oxidation sites excluding steroid dienone is 18. The summed E-state index contributed by atoms with van der Waals surface area (Å²) in [4.78, 5) is 25.7. The van der Waals surface area contributed by atoms with Gasteiger partial charge in [0.05, 0.1) is 19.8 Å². The summed E-state index contributed by atoms with van der Waals surface area (Å²) in [5, 5.41) is 72.1. The molecule has 0 aromatic rings. The summed E-state index contributed by atoms with van der Waals surface area (Å²) in [6.07, 6.45) is 38.5. The van der Waals surface area contributed by atoms with Gasteiger partial charge in [0.2, 0.25) is 0 Å². The molecule has 15 nitrogen and oxygen atoms in total. The third-order valence-corrected chi connectivity index (χ3v) is 11.7. The molecule has 0 aromatic heterocycles. The summed E-state index contributed by atoms with van der Waals surface area (Å²) < 4.78 is 33.4. The highest BCUT2D eigenvalue weighted by Gasteiger charge is 2.47. The number of aliphatic hydroxyl groups is 7. The molecule has 0 bridgehead atoms. The van der Waals surface area contributed by atoms with E-state index in [1.54, 1.807) is 0 Å². The Morgan fingerprint density at radius 2 is 0.903 bits per heavy atom. The molecule has 7 N–H and O–H groups in total. The van der Waals surface area contributed by atoms with Crippen molar-refractivity contribution in [3.8, 4) is 0 Å². The lowest BCUT2D eigenvalue weighted by Gasteiger charge is -2.42. The fourth-order valence-corrected chi connectivity index (χ4v) is 7.43. The van der Waals surface area contributed by atoms with Crippen LogP contribution in [0, 0.1) is 0 Å². The quantitative estimate of drug-likeness (QED) is 0.0176. The third-order valence-electron chi connectivity index (χ3n) is 11.7. The minimum atomic E-state index is -1.79. The van der Waals surface area contributed by atoms with Gasteiger partial charge in [0.1, 0.15) is 55.4 Å². The van der Waals surface area contributed by atoms with Gasteiger partial charge in [0.25, 0.3) is 0 Å². The first-order chi connectivity index (χ1) is 35.0. The van der Waals surface area contributed by atoms with Crippen molar-refractivity contribution in [1.82, 2.24) is 0 Å². The number of hydrogen-bond donors (Lipinski definition) is 7. The fourth-order valence-electron chi connectivity index (χ4n) is 7.43. The lowest BCUT2D eigenvalue weighted by Crippen LogP contribution is -2.61. The molecule has 11 atom stereocenters. The molecule has 2 fully saturated rings. The van der Waals surface area contributed by atoms with Crippen LogP contribution in [0.1, 0.15) is 142 Å². The highest BCUT2D eigenvalue weighted by molar-refractivity contribution is 5.70. The highest BCUT2D eigenvalue weighted by atomic mass is 16.7. The van der Waals surface area contributed by atoms with Gasteiger partial charge in [0, 0.05) is 12.8 Å². The molecule has 0 aliphatic carbocycles.